The predicted molar refractivity (Wildman–Crippen MR) is 141 cm³/mol. The molecular formula is C27H28F3N7O3. The van der Waals surface area contributed by atoms with Gasteiger partial charge in [-0.05, 0) is 37.1 Å². The van der Waals surface area contributed by atoms with Gasteiger partial charge < -0.3 is 20.9 Å². The molecule has 3 aromatic heterocycles. The number of nitrogens with zero attached hydrogens (tertiary/aromatic N) is 5. The fourth-order valence-corrected chi connectivity index (χ4v) is 4.96. The lowest BCUT2D eigenvalue weighted by Gasteiger charge is -2.35. The summed E-state index contributed by atoms with van der Waals surface area (Å²) in [5.74, 6) is 0.288. The molecule has 1 aliphatic rings. The number of benzene rings is 1. The summed E-state index contributed by atoms with van der Waals surface area (Å²) in [6.45, 7) is 1.55. The molecule has 4 N–H and O–H groups in total. The summed E-state index contributed by atoms with van der Waals surface area (Å²) in [6.07, 6.45) is 0.881. The number of rotatable bonds is 7. The molecule has 0 bridgehead atoms. The second-order valence-corrected chi connectivity index (χ2v) is 9.58. The summed E-state index contributed by atoms with van der Waals surface area (Å²) in [5.41, 5.74) is 7.48. The number of anilines is 2. The van der Waals surface area contributed by atoms with Gasteiger partial charge in [-0.1, -0.05) is 12.1 Å². The number of aliphatic hydroxyl groups excluding tert-OH is 1. The fourth-order valence-electron chi connectivity index (χ4n) is 4.96. The Morgan fingerprint density at radius 2 is 2.00 bits per heavy atom. The summed E-state index contributed by atoms with van der Waals surface area (Å²) in [6, 6.07) is 8.12. The van der Waals surface area contributed by atoms with Crippen molar-refractivity contribution in [3.05, 3.63) is 71.9 Å². The van der Waals surface area contributed by atoms with Crippen LogP contribution in [0.25, 0.3) is 16.8 Å². The minimum Gasteiger partial charge on any atom is -0.382 e. The zero-order valence-electron chi connectivity index (χ0n) is 21.6. The first-order chi connectivity index (χ1) is 19.2. The molecule has 1 aliphatic heterocycles. The van der Waals surface area contributed by atoms with Crippen LogP contribution in [0.3, 0.4) is 0 Å². The molecule has 40 heavy (non-hydrogen) atoms. The van der Waals surface area contributed by atoms with Crippen LogP contribution in [0.5, 0.6) is 0 Å². The van der Waals surface area contributed by atoms with E-state index in [2.05, 4.69) is 15.3 Å². The van der Waals surface area contributed by atoms with E-state index in [-0.39, 0.29) is 23.9 Å². The number of likely N-dealkylation sites (tertiary alicyclic amines) is 1. The van der Waals surface area contributed by atoms with Gasteiger partial charge in [-0.3, -0.25) is 14.1 Å². The molecule has 0 aliphatic carbocycles. The molecule has 13 heteroatoms. The van der Waals surface area contributed by atoms with Gasteiger partial charge in [0.1, 0.15) is 34.9 Å². The van der Waals surface area contributed by atoms with Crippen molar-refractivity contribution in [3.63, 3.8) is 0 Å². The highest BCUT2D eigenvalue weighted by Crippen LogP contribution is 2.34. The van der Waals surface area contributed by atoms with Gasteiger partial charge in [-0.15, -0.1) is 0 Å². The minimum absolute atomic E-state index is 0.0216. The van der Waals surface area contributed by atoms with Crippen LogP contribution in [0, 0.1) is 0 Å². The van der Waals surface area contributed by atoms with Crippen molar-refractivity contribution in [1.29, 1.82) is 0 Å². The van der Waals surface area contributed by atoms with Gasteiger partial charge in [0.15, 0.2) is 0 Å². The molecule has 5 rings (SSSR count). The first kappa shape index (κ1) is 27.5. The third-order valence-corrected chi connectivity index (χ3v) is 6.91. The third-order valence-electron chi connectivity index (χ3n) is 6.91. The maximum absolute atomic E-state index is 13.0. The number of nitrogen functional groups attached to an aromatic ring is 1. The molecule has 210 valence electrons. The quantitative estimate of drug-likeness (QED) is 0.314. The van der Waals surface area contributed by atoms with E-state index in [1.807, 2.05) is 9.30 Å². The van der Waals surface area contributed by atoms with Gasteiger partial charge in [0.25, 0.3) is 5.91 Å². The molecule has 1 amide bonds. The number of aliphatic hydroxyl groups is 1. The number of nitrogens with one attached hydrogen (secondary N) is 1. The zero-order chi connectivity index (χ0) is 28.4. The summed E-state index contributed by atoms with van der Waals surface area (Å²) in [5, 5.41) is 12.9. The predicted octanol–water partition coefficient (Wildman–Crippen LogP) is 3.79. The summed E-state index contributed by atoms with van der Waals surface area (Å²) in [4.78, 5) is 27.7. The number of ether oxygens (including phenoxy) is 1. The summed E-state index contributed by atoms with van der Waals surface area (Å²) < 4.78 is 46.0. The number of carbonyl (C=O) groups excluding carboxylic acids is 1. The SMILES string of the molecule is COCC(O)N1CCC[C@@H](c2nc(-c3ccc(C(=O)Nc4cc(C(F)(F)F)ccn4)cc3)c3c(N)nccn23)C1. The van der Waals surface area contributed by atoms with E-state index >= 15 is 0 Å². The molecule has 4 aromatic rings. The highest BCUT2D eigenvalue weighted by atomic mass is 19.4. The molecule has 10 nitrogen and oxygen atoms in total. The van der Waals surface area contributed by atoms with Gasteiger partial charge in [-0.2, -0.15) is 13.2 Å². The van der Waals surface area contributed by atoms with Crippen molar-refractivity contribution < 1.29 is 27.8 Å². The standard InChI is InChI=1S/C27H28F3N7O3/c1-40-15-21(38)36-11-2-3-18(14-36)25-35-22(23-24(31)33-10-12-37(23)25)16-4-6-17(7-5-16)26(39)34-20-13-19(8-9-32-20)27(28,29)30/h4-10,12-13,18,21,38H,2-3,11,14-15H2,1H3,(H2,31,33)(H,32,34,39)/t18-,21?/m1/s1. The van der Waals surface area contributed by atoms with Crippen LogP contribution in [-0.2, 0) is 10.9 Å². The van der Waals surface area contributed by atoms with Crippen LogP contribution in [0.2, 0.25) is 0 Å². The van der Waals surface area contributed by atoms with Crippen LogP contribution in [-0.4, -0.2) is 68.3 Å². The van der Waals surface area contributed by atoms with E-state index in [4.69, 9.17) is 15.5 Å². The largest absolute Gasteiger partial charge is 0.416 e. The second kappa shape index (κ2) is 11.2. The normalized spacial score (nSPS) is 17.2. The van der Waals surface area contributed by atoms with Gasteiger partial charge in [-0.25, -0.2) is 15.0 Å². The fraction of sp³-hybridized carbons (Fsp3) is 0.333. The molecule has 0 saturated carbocycles. The minimum atomic E-state index is -4.55. The van der Waals surface area contributed by atoms with E-state index in [9.17, 15) is 23.1 Å². The van der Waals surface area contributed by atoms with Gasteiger partial charge in [0, 0.05) is 55.8 Å². The number of fused-ring (bicyclic) bond motifs is 1. The van der Waals surface area contributed by atoms with E-state index < -0.39 is 23.9 Å². The van der Waals surface area contributed by atoms with Gasteiger partial charge in [0.2, 0.25) is 0 Å². The number of piperidine rings is 1. The number of pyridine rings is 1. The van der Waals surface area contributed by atoms with Crippen LogP contribution >= 0.6 is 0 Å². The molecule has 1 fully saturated rings. The molecule has 4 heterocycles. The Morgan fingerprint density at radius 1 is 1.23 bits per heavy atom. The highest BCUT2D eigenvalue weighted by Gasteiger charge is 2.31. The number of hydrogen-bond acceptors (Lipinski definition) is 8. The number of aromatic nitrogens is 4. The maximum atomic E-state index is 13.0. The maximum Gasteiger partial charge on any atom is 0.416 e. The molecular weight excluding hydrogens is 527 g/mol. The smallest absolute Gasteiger partial charge is 0.382 e. The highest BCUT2D eigenvalue weighted by molar-refractivity contribution is 6.04. The number of imidazole rings is 1. The van der Waals surface area contributed by atoms with E-state index in [0.29, 0.717) is 29.1 Å². The van der Waals surface area contributed by atoms with Gasteiger partial charge >= 0.3 is 6.18 Å². The Kier molecular flexibility index (Phi) is 7.70. The monoisotopic (exact) mass is 555 g/mol. The van der Waals surface area contributed by atoms with Crippen LogP contribution in [0.4, 0.5) is 24.8 Å². The average molecular weight is 556 g/mol. The molecule has 1 saturated heterocycles. The second-order valence-electron chi connectivity index (χ2n) is 9.58. The number of hydrogen-bond donors (Lipinski definition) is 3. The first-order valence-corrected chi connectivity index (χ1v) is 12.6. The van der Waals surface area contributed by atoms with Crippen LogP contribution in [0.1, 0.15) is 40.5 Å². The molecule has 1 unspecified atom stereocenters. The van der Waals surface area contributed by atoms with Crippen molar-refractivity contribution >= 4 is 23.1 Å². The molecule has 0 radical (unpaired) electrons. The number of methoxy groups -OCH3 is 1. The zero-order valence-corrected chi connectivity index (χ0v) is 21.6. The van der Waals surface area contributed by atoms with Crippen LogP contribution in [0.15, 0.2) is 55.0 Å². The Labute approximate surface area is 227 Å². The number of halogens is 3. The number of carbonyl (C=O) groups is 1. The van der Waals surface area contributed by atoms with Crippen molar-refractivity contribution in [1.82, 2.24) is 24.3 Å². The van der Waals surface area contributed by atoms with E-state index in [1.165, 1.54) is 0 Å². The average Bonchev–Trinajstić information content (AvgIpc) is 3.34. The Balaban J connectivity index is 1.41. The molecule has 2 atom stereocenters. The Morgan fingerprint density at radius 3 is 2.73 bits per heavy atom. The van der Waals surface area contributed by atoms with Gasteiger partial charge in [0.05, 0.1) is 12.2 Å². The van der Waals surface area contributed by atoms with Crippen LogP contribution < -0.4 is 11.1 Å². The van der Waals surface area contributed by atoms with Crippen molar-refractivity contribution in [3.8, 4) is 11.3 Å². The lowest BCUT2D eigenvalue weighted by atomic mass is 9.97. The molecule has 0 spiro atoms. The number of alkyl halides is 3. The van der Waals surface area contributed by atoms with E-state index in [1.54, 1.807) is 43.8 Å². The molecule has 1 aromatic carbocycles. The topological polar surface area (TPSA) is 131 Å². The third kappa shape index (κ3) is 5.62. The van der Waals surface area contributed by atoms with Crippen molar-refractivity contribution in [2.45, 2.75) is 31.2 Å². The summed E-state index contributed by atoms with van der Waals surface area (Å²) in [7, 11) is 1.55. The lowest BCUT2D eigenvalue weighted by molar-refractivity contribution is -0.137. The lowest BCUT2D eigenvalue weighted by Crippen LogP contribution is -2.44. The first-order valence-electron chi connectivity index (χ1n) is 12.6. The summed E-state index contributed by atoms with van der Waals surface area (Å²) >= 11 is 0. The number of amides is 1. The van der Waals surface area contributed by atoms with Crippen molar-refractivity contribution in [2.24, 2.45) is 0 Å². The Bertz CT molecular complexity index is 1510. The number of nitrogens with two attached hydrogens (primary N) is 1. The Hall–Kier alpha value is -4.07. The van der Waals surface area contributed by atoms with E-state index in [0.717, 1.165) is 43.5 Å². The van der Waals surface area contributed by atoms with Crippen molar-refractivity contribution in [2.75, 3.05) is 37.9 Å².